The number of ether oxygens (including phenoxy) is 1. The zero-order valence-electron chi connectivity index (χ0n) is 10.7. The Bertz CT molecular complexity index is 471. The summed E-state index contributed by atoms with van der Waals surface area (Å²) in [6, 6.07) is 6.52. The van der Waals surface area contributed by atoms with Crippen molar-refractivity contribution in [2.75, 3.05) is 19.7 Å². The van der Waals surface area contributed by atoms with Crippen molar-refractivity contribution in [2.24, 2.45) is 10.8 Å². The van der Waals surface area contributed by atoms with Crippen LogP contribution in [0.5, 0.6) is 5.75 Å². The molecular formula is C12H17N5O2. The van der Waals surface area contributed by atoms with E-state index >= 15 is 0 Å². The van der Waals surface area contributed by atoms with Gasteiger partial charge in [0.15, 0.2) is 0 Å². The molecule has 0 fully saturated rings. The minimum atomic E-state index is -0.670. The van der Waals surface area contributed by atoms with Crippen molar-refractivity contribution >= 4 is 5.91 Å². The number of benzene rings is 1. The standard InChI is InChI=1S/C12H17N5O2/c1-2-19-10-6-4-3-5-9(10)11(12(13)18)15-7-8-16-17-14/h3-6,11,15H,2,7-8H2,1H3,(H2,13,18). The van der Waals surface area contributed by atoms with Crippen LogP contribution in [-0.4, -0.2) is 25.6 Å². The average Bonchev–Trinajstić information content (AvgIpc) is 2.40. The molecule has 0 aliphatic rings. The second kappa shape index (κ2) is 7.97. The highest BCUT2D eigenvalue weighted by Crippen LogP contribution is 2.24. The molecule has 102 valence electrons. The Morgan fingerprint density at radius 3 is 2.95 bits per heavy atom. The van der Waals surface area contributed by atoms with Gasteiger partial charge in [0.2, 0.25) is 5.91 Å². The van der Waals surface area contributed by atoms with Gasteiger partial charge in [-0.15, -0.1) is 0 Å². The third-order valence-corrected chi connectivity index (χ3v) is 2.44. The molecule has 0 aromatic heterocycles. The van der Waals surface area contributed by atoms with Crippen LogP contribution >= 0.6 is 0 Å². The predicted molar refractivity (Wildman–Crippen MR) is 71.6 cm³/mol. The van der Waals surface area contributed by atoms with Crippen LogP contribution in [0.4, 0.5) is 0 Å². The molecule has 0 radical (unpaired) electrons. The van der Waals surface area contributed by atoms with Gasteiger partial charge in [-0.3, -0.25) is 4.79 Å². The summed E-state index contributed by atoms with van der Waals surface area (Å²) in [6.07, 6.45) is 0. The second-order valence-corrected chi connectivity index (χ2v) is 3.71. The molecule has 0 heterocycles. The number of nitrogens with two attached hydrogens (primary N) is 1. The SMILES string of the molecule is CCOc1ccccc1C(NCCN=[N+]=[N-])C(N)=O. The zero-order chi connectivity index (χ0) is 14.1. The van der Waals surface area contributed by atoms with Crippen LogP contribution in [0.2, 0.25) is 0 Å². The van der Waals surface area contributed by atoms with E-state index in [0.717, 1.165) is 0 Å². The number of primary amides is 1. The Morgan fingerprint density at radius 2 is 2.32 bits per heavy atom. The first-order chi connectivity index (χ1) is 9.20. The maximum Gasteiger partial charge on any atom is 0.239 e. The smallest absolute Gasteiger partial charge is 0.239 e. The summed E-state index contributed by atoms with van der Waals surface area (Å²) in [5, 5.41) is 6.34. The summed E-state index contributed by atoms with van der Waals surface area (Å²) in [4.78, 5) is 14.2. The van der Waals surface area contributed by atoms with E-state index in [2.05, 4.69) is 15.3 Å². The van der Waals surface area contributed by atoms with Crippen molar-refractivity contribution in [3.8, 4) is 5.75 Å². The molecule has 7 heteroatoms. The first-order valence-electron chi connectivity index (χ1n) is 5.96. The highest BCUT2D eigenvalue weighted by molar-refractivity contribution is 5.82. The van der Waals surface area contributed by atoms with Crippen LogP contribution in [0.1, 0.15) is 18.5 Å². The maximum atomic E-state index is 11.5. The lowest BCUT2D eigenvalue weighted by atomic mass is 10.1. The fraction of sp³-hybridized carbons (Fsp3) is 0.417. The molecule has 0 aliphatic heterocycles. The molecule has 0 spiro atoms. The van der Waals surface area contributed by atoms with E-state index in [0.29, 0.717) is 24.5 Å². The number of hydrogen-bond acceptors (Lipinski definition) is 4. The second-order valence-electron chi connectivity index (χ2n) is 3.71. The monoisotopic (exact) mass is 263 g/mol. The number of carbonyl (C=O) groups excluding carboxylic acids is 1. The first-order valence-corrected chi connectivity index (χ1v) is 5.96. The number of para-hydroxylation sites is 1. The Hall–Kier alpha value is -2.24. The van der Waals surface area contributed by atoms with Gasteiger partial charge in [-0.2, -0.15) is 0 Å². The molecule has 1 aromatic rings. The van der Waals surface area contributed by atoms with E-state index in [1.165, 1.54) is 0 Å². The summed E-state index contributed by atoms with van der Waals surface area (Å²) in [5.74, 6) is 0.109. The van der Waals surface area contributed by atoms with Crippen LogP contribution in [0.3, 0.4) is 0 Å². The van der Waals surface area contributed by atoms with Gasteiger partial charge in [-0.25, -0.2) is 0 Å². The van der Waals surface area contributed by atoms with Crippen molar-refractivity contribution < 1.29 is 9.53 Å². The molecule has 1 aromatic carbocycles. The third kappa shape index (κ3) is 4.50. The molecule has 7 nitrogen and oxygen atoms in total. The quantitative estimate of drug-likeness (QED) is 0.320. The Morgan fingerprint density at radius 1 is 1.58 bits per heavy atom. The number of amides is 1. The fourth-order valence-electron chi connectivity index (χ4n) is 1.67. The minimum Gasteiger partial charge on any atom is -0.494 e. The van der Waals surface area contributed by atoms with Crippen LogP contribution in [0, 0.1) is 0 Å². The van der Waals surface area contributed by atoms with E-state index in [9.17, 15) is 4.79 Å². The van der Waals surface area contributed by atoms with Crippen molar-refractivity contribution in [1.82, 2.24) is 5.32 Å². The van der Waals surface area contributed by atoms with Crippen LogP contribution < -0.4 is 15.8 Å². The van der Waals surface area contributed by atoms with Crippen molar-refractivity contribution in [3.63, 3.8) is 0 Å². The maximum absolute atomic E-state index is 11.5. The summed E-state index contributed by atoms with van der Waals surface area (Å²) in [6.45, 7) is 2.97. The largest absolute Gasteiger partial charge is 0.494 e. The molecule has 1 atom stereocenters. The van der Waals surface area contributed by atoms with E-state index in [-0.39, 0.29) is 6.54 Å². The van der Waals surface area contributed by atoms with Crippen LogP contribution in [0.25, 0.3) is 10.4 Å². The van der Waals surface area contributed by atoms with Gasteiger partial charge in [-0.1, -0.05) is 23.3 Å². The molecule has 1 unspecified atom stereocenters. The van der Waals surface area contributed by atoms with Gasteiger partial charge in [-0.05, 0) is 18.5 Å². The number of nitrogens with one attached hydrogen (secondary N) is 1. The van der Waals surface area contributed by atoms with Crippen molar-refractivity contribution in [2.45, 2.75) is 13.0 Å². The Balaban J connectivity index is 2.86. The molecule has 19 heavy (non-hydrogen) atoms. The number of hydrogen-bond donors (Lipinski definition) is 2. The molecule has 0 bridgehead atoms. The van der Waals surface area contributed by atoms with Crippen LogP contribution in [0.15, 0.2) is 29.4 Å². The summed E-state index contributed by atoms with van der Waals surface area (Å²) in [7, 11) is 0. The minimum absolute atomic E-state index is 0.247. The van der Waals surface area contributed by atoms with E-state index in [1.54, 1.807) is 12.1 Å². The third-order valence-electron chi connectivity index (χ3n) is 2.44. The van der Waals surface area contributed by atoms with Crippen LogP contribution in [-0.2, 0) is 4.79 Å². The Labute approximate surface area is 111 Å². The van der Waals surface area contributed by atoms with E-state index in [4.69, 9.17) is 16.0 Å². The van der Waals surface area contributed by atoms with E-state index < -0.39 is 11.9 Å². The molecular weight excluding hydrogens is 246 g/mol. The highest BCUT2D eigenvalue weighted by atomic mass is 16.5. The van der Waals surface area contributed by atoms with Gasteiger partial charge < -0.3 is 15.8 Å². The fourth-order valence-corrected chi connectivity index (χ4v) is 1.67. The van der Waals surface area contributed by atoms with Gasteiger partial charge in [0, 0.05) is 23.6 Å². The van der Waals surface area contributed by atoms with Crippen molar-refractivity contribution in [3.05, 3.63) is 40.3 Å². The topological polar surface area (TPSA) is 113 Å². The summed E-state index contributed by atoms with van der Waals surface area (Å²) in [5.41, 5.74) is 14.3. The summed E-state index contributed by atoms with van der Waals surface area (Å²) >= 11 is 0. The summed E-state index contributed by atoms with van der Waals surface area (Å²) < 4.78 is 5.47. The normalized spacial score (nSPS) is 11.4. The lowest BCUT2D eigenvalue weighted by Crippen LogP contribution is -2.35. The first kappa shape index (κ1) is 14.8. The highest BCUT2D eigenvalue weighted by Gasteiger charge is 2.20. The van der Waals surface area contributed by atoms with Gasteiger partial charge in [0.1, 0.15) is 11.8 Å². The number of nitrogens with zero attached hydrogens (tertiary/aromatic N) is 3. The van der Waals surface area contributed by atoms with E-state index in [1.807, 2.05) is 19.1 Å². The molecule has 1 amide bonds. The zero-order valence-corrected chi connectivity index (χ0v) is 10.7. The predicted octanol–water partition coefficient (Wildman–Crippen LogP) is 1.51. The lowest BCUT2D eigenvalue weighted by molar-refractivity contribution is -0.120. The van der Waals surface area contributed by atoms with Gasteiger partial charge in [0.25, 0.3) is 0 Å². The lowest BCUT2D eigenvalue weighted by Gasteiger charge is -2.18. The molecule has 0 saturated carbocycles. The molecule has 0 saturated heterocycles. The average molecular weight is 263 g/mol. The molecule has 1 rings (SSSR count). The van der Waals surface area contributed by atoms with Gasteiger partial charge in [0.05, 0.1) is 6.61 Å². The number of carbonyl (C=O) groups is 1. The number of rotatable bonds is 8. The Kier molecular flexibility index (Phi) is 6.21. The van der Waals surface area contributed by atoms with Crippen molar-refractivity contribution in [1.29, 1.82) is 0 Å². The number of azide groups is 1. The molecule has 0 aliphatic carbocycles. The van der Waals surface area contributed by atoms with Gasteiger partial charge >= 0.3 is 0 Å². The molecule has 3 N–H and O–H groups in total.